The van der Waals surface area contributed by atoms with Crippen LogP contribution < -0.4 is 5.73 Å². The molecule has 4 atom stereocenters. The van der Waals surface area contributed by atoms with Gasteiger partial charge in [0.2, 0.25) is 0 Å². The molecule has 2 amide bonds. The van der Waals surface area contributed by atoms with E-state index in [4.69, 9.17) is 10.5 Å². The minimum absolute atomic E-state index is 0.0204. The van der Waals surface area contributed by atoms with Crippen LogP contribution in [0.1, 0.15) is 32.1 Å². The molecule has 2 N–H and O–H groups in total. The number of imide groups is 1. The van der Waals surface area contributed by atoms with Gasteiger partial charge in [-0.2, -0.15) is 0 Å². The van der Waals surface area contributed by atoms with Gasteiger partial charge >= 0.3 is 0 Å². The fourth-order valence-corrected chi connectivity index (χ4v) is 3.38. The topological polar surface area (TPSA) is 72.6 Å². The molecule has 2 saturated heterocycles. The van der Waals surface area contributed by atoms with Crippen molar-refractivity contribution in [1.29, 1.82) is 0 Å². The third-order valence-corrected chi connectivity index (χ3v) is 4.30. The van der Waals surface area contributed by atoms with Crippen molar-refractivity contribution in [3.8, 4) is 0 Å². The summed E-state index contributed by atoms with van der Waals surface area (Å²) < 4.78 is 5.41. The standard InChI is InChI=1S/C12H18N2O3/c13-6-7-2-1-3-8(7)14-11(15)9-4-5-10(17-9)12(14)16/h7-10H,1-6,13H2. The zero-order valence-electron chi connectivity index (χ0n) is 9.80. The van der Waals surface area contributed by atoms with E-state index in [1.165, 1.54) is 4.90 Å². The number of hydrogen-bond donors (Lipinski definition) is 1. The molecule has 4 unspecified atom stereocenters. The van der Waals surface area contributed by atoms with Crippen molar-refractivity contribution in [2.24, 2.45) is 11.7 Å². The van der Waals surface area contributed by atoms with E-state index in [9.17, 15) is 9.59 Å². The van der Waals surface area contributed by atoms with Crippen molar-refractivity contribution < 1.29 is 14.3 Å². The Morgan fingerprint density at radius 3 is 2.35 bits per heavy atom. The molecule has 94 valence electrons. The zero-order chi connectivity index (χ0) is 12.0. The zero-order valence-corrected chi connectivity index (χ0v) is 9.80. The molecule has 0 spiro atoms. The Hall–Kier alpha value is -0.940. The first-order valence-electron chi connectivity index (χ1n) is 6.45. The molecule has 2 bridgehead atoms. The number of fused-ring (bicyclic) bond motifs is 2. The maximum atomic E-state index is 12.2. The quantitative estimate of drug-likeness (QED) is 0.689. The highest BCUT2D eigenvalue weighted by atomic mass is 16.5. The predicted octanol–water partition coefficient (Wildman–Crippen LogP) is 0.0302. The van der Waals surface area contributed by atoms with Crippen molar-refractivity contribution in [2.45, 2.75) is 50.4 Å². The monoisotopic (exact) mass is 238 g/mol. The van der Waals surface area contributed by atoms with Gasteiger partial charge in [-0.25, -0.2) is 0 Å². The van der Waals surface area contributed by atoms with Crippen molar-refractivity contribution in [2.75, 3.05) is 6.54 Å². The molecular weight excluding hydrogens is 220 g/mol. The van der Waals surface area contributed by atoms with Crippen molar-refractivity contribution >= 4 is 11.8 Å². The Bertz CT molecular complexity index is 336. The molecule has 17 heavy (non-hydrogen) atoms. The summed E-state index contributed by atoms with van der Waals surface area (Å²) in [7, 11) is 0. The molecule has 2 aliphatic heterocycles. The van der Waals surface area contributed by atoms with Crippen LogP contribution in [0.25, 0.3) is 0 Å². The molecular formula is C12H18N2O3. The van der Waals surface area contributed by atoms with Gasteiger partial charge in [0.15, 0.2) is 0 Å². The Kier molecular flexibility index (Phi) is 2.67. The number of amides is 2. The summed E-state index contributed by atoms with van der Waals surface area (Å²) in [6.07, 6.45) is 3.60. The van der Waals surface area contributed by atoms with Gasteiger partial charge in [0.1, 0.15) is 12.2 Å². The van der Waals surface area contributed by atoms with Crippen LogP contribution in [0.3, 0.4) is 0 Å². The molecule has 0 aromatic rings. The molecule has 5 heteroatoms. The fraction of sp³-hybridized carbons (Fsp3) is 0.833. The first-order chi connectivity index (χ1) is 8.22. The molecule has 5 nitrogen and oxygen atoms in total. The van der Waals surface area contributed by atoms with Crippen LogP contribution in [0.5, 0.6) is 0 Å². The van der Waals surface area contributed by atoms with Gasteiger partial charge < -0.3 is 10.5 Å². The van der Waals surface area contributed by atoms with Crippen LogP contribution in [0, 0.1) is 5.92 Å². The predicted molar refractivity (Wildman–Crippen MR) is 59.9 cm³/mol. The summed E-state index contributed by atoms with van der Waals surface area (Å²) in [4.78, 5) is 25.8. The molecule has 3 fully saturated rings. The van der Waals surface area contributed by atoms with Gasteiger partial charge in [0, 0.05) is 6.04 Å². The first-order valence-corrected chi connectivity index (χ1v) is 6.45. The van der Waals surface area contributed by atoms with Gasteiger partial charge in [-0.15, -0.1) is 0 Å². The number of rotatable bonds is 2. The van der Waals surface area contributed by atoms with Gasteiger partial charge in [0.25, 0.3) is 11.8 Å². The number of carbonyl (C=O) groups is 2. The Morgan fingerprint density at radius 2 is 1.76 bits per heavy atom. The van der Waals surface area contributed by atoms with E-state index in [0.29, 0.717) is 19.4 Å². The highest BCUT2D eigenvalue weighted by Gasteiger charge is 2.50. The second-order valence-corrected chi connectivity index (χ2v) is 5.23. The maximum absolute atomic E-state index is 12.2. The summed E-state index contributed by atoms with van der Waals surface area (Å²) >= 11 is 0. The normalized spacial score (nSPS) is 41.4. The summed E-state index contributed by atoms with van der Waals surface area (Å²) in [6.45, 7) is 0.553. The number of nitrogens with zero attached hydrogens (tertiary/aromatic N) is 1. The molecule has 1 aliphatic carbocycles. The van der Waals surface area contributed by atoms with Crippen LogP contribution in [0.2, 0.25) is 0 Å². The molecule has 2 heterocycles. The van der Waals surface area contributed by atoms with E-state index in [1.54, 1.807) is 0 Å². The number of morpholine rings is 1. The Labute approximate surface area is 100 Å². The van der Waals surface area contributed by atoms with Crippen LogP contribution in [0.4, 0.5) is 0 Å². The minimum atomic E-state index is -0.378. The van der Waals surface area contributed by atoms with Crippen LogP contribution >= 0.6 is 0 Å². The van der Waals surface area contributed by atoms with Gasteiger partial charge in [-0.1, -0.05) is 6.42 Å². The lowest BCUT2D eigenvalue weighted by Gasteiger charge is -2.36. The van der Waals surface area contributed by atoms with Crippen molar-refractivity contribution in [3.05, 3.63) is 0 Å². The minimum Gasteiger partial charge on any atom is -0.355 e. The van der Waals surface area contributed by atoms with Crippen LogP contribution in [0.15, 0.2) is 0 Å². The van der Waals surface area contributed by atoms with Gasteiger partial charge in [-0.05, 0) is 38.1 Å². The summed E-state index contributed by atoms with van der Waals surface area (Å²) in [5.74, 6) is 0.0172. The highest BCUT2D eigenvalue weighted by Crippen LogP contribution is 2.36. The smallest absolute Gasteiger partial charge is 0.258 e. The van der Waals surface area contributed by atoms with Gasteiger partial charge in [0.05, 0.1) is 0 Å². The molecule has 0 aromatic heterocycles. The second-order valence-electron chi connectivity index (χ2n) is 5.23. The molecule has 0 aromatic carbocycles. The van der Waals surface area contributed by atoms with E-state index in [0.717, 1.165) is 19.3 Å². The third-order valence-electron chi connectivity index (χ3n) is 4.30. The lowest BCUT2D eigenvalue weighted by molar-refractivity contribution is -0.172. The molecule has 0 radical (unpaired) electrons. The van der Waals surface area contributed by atoms with Crippen molar-refractivity contribution in [1.82, 2.24) is 4.90 Å². The fourth-order valence-electron chi connectivity index (χ4n) is 3.38. The molecule has 1 saturated carbocycles. The number of carbonyl (C=O) groups excluding carboxylic acids is 2. The Morgan fingerprint density at radius 1 is 1.12 bits per heavy atom. The SMILES string of the molecule is NCC1CCCC1N1C(=O)C2CCC(O2)C1=O. The lowest BCUT2D eigenvalue weighted by atomic mass is 10.0. The summed E-state index contributed by atoms with van der Waals surface area (Å²) in [6, 6.07) is 0.0204. The average Bonchev–Trinajstić information content (AvgIpc) is 2.95. The van der Waals surface area contributed by atoms with Crippen LogP contribution in [-0.2, 0) is 14.3 Å². The lowest BCUT2D eigenvalue weighted by Crippen LogP contribution is -2.57. The number of likely N-dealkylation sites (tertiary alicyclic amines) is 1. The number of nitrogens with two attached hydrogens (primary N) is 1. The largest absolute Gasteiger partial charge is 0.355 e. The third kappa shape index (κ3) is 1.60. The maximum Gasteiger partial charge on any atom is 0.258 e. The molecule has 3 aliphatic rings. The van der Waals surface area contributed by atoms with E-state index < -0.39 is 0 Å². The average molecular weight is 238 g/mol. The number of hydrogen-bond acceptors (Lipinski definition) is 4. The van der Waals surface area contributed by atoms with Crippen molar-refractivity contribution in [3.63, 3.8) is 0 Å². The number of ether oxygens (including phenoxy) is 1. The molecule has 3 rings (SSSR count). The summed E-state index contributed by atoms with van der Waals surface area (Å²) in [5, 5.41) is 0. The Balaban J connectivity index is 1.86. The van der Waals surface area contributed by atoms with E-state index in [2.05, 4.69) is 0 Å². The van der Waals surface area contributed by atoms with Gasteiger partial charge in [-0.3, -0.25) is 14.5 Å². The van der Waals surface area contributed by atoms with E-state index in [1.807, 2.05) is 0 Å². The first kappa shape index (κ1) is 11.2. The highest BCUT2D eigenvalue weighted by molar-refractivity contribution is 6.02. The van der Waals surface area contributed by atoms with E-state index >= 15 is 0 Å². The van der Waals surface area contributed by atoms with E-state index in [-0.39, 0.29) is 36.0 Å². The van der Waals surface area contributed by atoms with Crippen LogP contribution in [-0.4, -0.2) is 41.5 Å². The summed E-state index contributed by atoms with van der Waals surface area (Å²) in [5.41, 5.74) is 5.73. The second kappa shape index (κ2) is 4.07.